The normalized spacial score (nSPS) is 13.5. The molecule has 0 aromatic heterocycles. The van der Waals surface area contributed by atoms with Crippen molar-refractivity contribution in [2.45, 2.75) is 25.9 Å². The summed E-state index contributed by atoms with van der Waals surface area (Å²) in [4.78, 5) is 0. The van der Waals surface area contributed by atoms with Crippen molar-refractivity contribution >= 4 is 5.69 Å². The summed E-state index contributed by atoms with van der Waals surface area (Å²) in [6.45, 7) is 2.56. The first-order chi connectivity index (χ1) is 7.93. The number of alkyl halides is 3. The monoisotopic (exact) mass is 248 g/mol. The second kappa shape index (κ2) is 5.88. The molecule has 1 atom stereocenters. The zero-order chi connectivity index (χ0) is 12.9. The summed E-state index contributed by atoms with van der Waals surface area (Å²) in [6.07, 6.45) is -4.45. The molecule has 0 aliphatic heterocycles. The van der Waals surface area contributed by atoms with Crippen LogP contribution in [0.5, 0.6) is 0 Å². The van der Waals surface area contributed by atoms with Gasteiger partial charge in [0.05, 0.1) is 5.56 Å². The molecular formula is C11H15F3N2O. The molecule has 1 rings (SSSR count). The largest absolute Gasteiger partial charge is 0.416 e. The third kappa shape index (κ3) is 4.62. The zero-order valence-electron chi connectivity index (χ0n) is 9.38. The average Bonchev–Trinajstić information content (AvgIpc) is 2.26. The number of halogens is 3. The Balaban J connectivity index is 2.56. The quantitative estimate of drug-likeness (QED) is 0.701. The minimum absolute atomic E-state index is 0.425. The molecule has 0 unspecified atom stereocenters. The van der Waals surface area contributed by atoms with Crippen molar-refractivity contribution in [1.29, 1.82) is 0 Å². The molecule has 0 spiro atoms. The fourth-order valence-corrected chi connectivity index (χ4v) is 1.25. The van der Waals surface area contributed by atoms with Crippen molar-refractivity contribution in [3.63, 3.8) is 0 Å². The molecule has 6 heteroatoms. The number of benzene rings is 1. The first-order valence-corrected chi connectivity index (χ1v) is 5.28. The summed E-state index contributed by atoms with van der Waals surface area (Å²) in [6, 6.07) is 4.49. The van der Waals surface area contributed by atoms with Crippen LogP contribution in [0.25, 0.3) is 0 Å². The lowest BCUT2D eigenvalue weighted by Crippen LogP contribution is -2.36. The Morgan fingerprint density at radius 1 is 1.24 bits per heavy atom. The number of aliphatic hydroxyl groups excluding tert-OH is 1. The van der Waals surface area contributed by atoms with E-state index in [2.05, 4.69) is 10.6 Å². The molecule has 17 heavy (non-hydrogen) atoms. The predicted molar refractivity (Wildman–Crippen MR) is 59.4 cm³/mol. The fraction of sp³-hybridized carbons (Fsp3) is 0.455. The third-order valence-electron chi connectivity index (χ3n) is 2.10. The summed E-state index contributed by atoms with van der Waals surface area (Å²) in [5.41, 5.74) is -0.284. The lowest BCUT2D eigenvalue weighted by molar-refractivity contribution is -0.137. The van der Waals surface area contributed by atoms with Crippen LogP contribution in [0.1, 0.15) is 18.9 Å². The Morgan fingerprint density at radius 3 is 2.29 bits per heavy atom. The molecule has 3 nitrogen and oxygen atoms in total. The number of hydrogen-bond acceptors (Lipinski definition) is 3. The van der Waals surface area contributed by atoms with E-state index in [1.54, 1.807) is 0 Å². The summed E-state index contributed by atoms with van der Waals surface area (Å²) < 4.78 is 36.8. The van der Waals surface area contributed by atoms with Crippen LogP contribution in [0, 0.1) is 0 Å². The summed E-state index contributed by atoms with van der Waals surface area (Å²) in [5.74, 6) is 0. The van der Waals surface area contributed by atoms with Gasteiger partial charge in [-0.15, -0.1) is 0 Å². The first kappa shape index (κ1) is 13.8. The lowest BCUT2D eigenvalue weighted by Gasteiger charge is -2.15. The number of aliphatic hydroxyl groups is 1. The van der Waals surface area contributed by atoms with Crippen molar-refractivity contribution in [1.82, 2.24) is 5.32 Å². The summed E-state index contributed by atoms with van der Waals surface area (Å²) >= 11 is 0. The molecular weight excluding hydrogens is 233 g/mol. The Bertz CT molecular complexity index is 338. The van der Waals surface area contributed by atoms with Crippen molar-refractivity contribution in [2.24, 2.45) is 0 Å². The second-order valence-electron chi connectivity index (χ2n) is 3.58. The van der Waals surface area contributed by atoms with Crippen molar-refractivity contribution in [2.75, 3.05) is 11.9 Å². The maximum Gasteiger partial charge on any atom is 0.416 e. The van der Waals surface area contributed by atoms with Gasteiger partial charge in [0.15, 0.2) is 6.35 Å². The number of anilines is 1. The van der Waals surface area contributed by atoms with Gasteiger partial charge in [-0.1, -0.05) is 6.92 Å². The highest BCUT2D eigenvalue weighted by Gasteiger charge is 2.29. The van der Waals surface area contributed by atoms with E-state index in [9.17, 15) is 18.3 Å². The van der Waals surface area contributed by atoms with E-state index in [4.69, 9.17) is 0 Å². The van der Waals surface area contributed by atoms with Crippen LogP contribution in [0.2, 0.25) is 0 Å². The van der Waals surface area contributed by atoms with Crippen LogP contribution in [0.15, 0.2) is 24.3 Å². The highest BCUT2D eigenvalue weighted by molar-refractivity contribution is 5.45. The Morgan fingerprint density at radius 2 is 1.82 bits per heavy atom. The molecule has 0 saturated heterocycles. The Kier molecular flexibility index (Phi) is 4.77. The maximum absolute atomic E-state index is 12.3. The van der Waals surface area contributed by atoms with Crippen LogP contribution in [-0.4, -0.2) is 18.0 Å². The molecule has 1 aromatic rings. The third-order valence-corrected chi connectivity index (χ3v) is 2.10. The maximum atomic E-state index is 12.3. The SMILES string of the molecule is CCCN[C@@H](O)Nc1ccc(C(F)(F)F)cc1. The first-order valence-electron chi connectivity index (χ1n) is 5.28. The van der Waals surface area contributed by atoms with Gasteiger partial charge in [0, 0.05) is 5.69 Å². The predicted octanol–water partition coefficient (Wildman–Crippen LogP) is 2.39. The topological polar surface area (TPSA) is 44.3 Å². The van der Waals surface area contributed by atoms with E-state index in [0.29, 0.717) is 12.2 Å². The van der Waals surface area contributed by atoms with E-state index in [1.807, 2.05) is 6.92 Å². The standard InChI is InChI=1S/C11H15F3N2O/c1-2-7-15-10(17)16-9-5-3-8(4-6-9)11(12,13)14/h3-6,10,15-17H,2,7H2,1H3/t10-/m1/s1. The lowest BCUT2D eigenvalue weighted by atomic mass is 10.2. The Hall–Kier alpha value is -1.27. The molecule has 0 amide bonds. The highest BCUT2D eigenvalue weighted by atomic mass is 19.4. The van der Waals surface area contributed by atoms with Gasteiger partial charge in [0.2, 0.25) is 0 Å². The minimum Gasteiger partial charge on any atom is -0.361 e. The van der Waals surface area contributed by atoms with Gasteiger partial charge >= 0.3 is 6.18 Å². The van der Waals surface area contributed by atoms with Crippen LogP contribution in [0.4, 0.5) is 18.9 Å². The van der Waals surface area contributed by atoms with Crippen molar-refractivity contribution in [3.05, 3.63) is 29.8 Å². The smallest absolute Gasteiger partial charge is 0.361 e. The molecule has 3 N–H and O–H groups in total. The summed E-state index contributed by atoms with van der Waals surface area (Å²) in [5, 5.41) is 14.8. The van der Waals surface area contributed by atoms with Gasteiger partial charge in [-0.25, -0.2) is 0 Å². The van der Waals surface area contributed by atoms with E-state index in [0.717, 1.165) is 18.6 Å². The molecule has 96 valence electrons. The molecule has 0 saturated carbocycles. The highest BCUT2D eigenvalue weighted by Crippen LogP contribution is 2.29. The van der Waals surface area contributed by atoms with Crippen LogP contribution in [0.3, 0.4) is 0 Å². The molecule has 0 aliphatic rings. The van der Waals surface area contributed by atoms with E-state index >= 15 is 0 Å². The van der Waals surface area contributed by atoms with Gasteiger partial charge in [0.25, 0.3) is 0 Å². The molecule has 0 radical (unpaired) electrons. The van der Waals surface area contributed by atoms with Crippen LogP contribution >= 0.6 is 0 Å². The fourth-order valence-electron chi connectivity index (χ4n) is 1.25. The number of hydrogen-bond donors (Lipinski definition) is 3. The number of nitrogens with one attached hydrogen (secondary N) is 2. The summed E-state index contributed by atoms with van der Waals surface area (Å²) in [7, 11) is 0. The minimum atomic E-state index is -4.34. The van der Waals surface area contributed by atoms with E-state index in [-0.39, 0.29) is 0 Å². The Labute approximate surface area is 97.6 Å². The van der Waals surface area contributed by atoms with Gasteiger partial charge in [-0.05, 0) is 37.2 Å². The second-order valence-corrected chi connectivity index (χ2v) is 3.58. The van der Waals surface area contributed by atoms with Gasteiger partial charge in [0.1, 0.15) is 0 Å². The van der Waals surface area contributed by atoms with Crippen LogP contribution < -0.4 is 10.6 Å². The van der Waals surface area contributed by atoms with E-state index < -0.39 is 18.1 Å². The van der Waals surface area contributed by atoms with Gasteiger partial charge in [-0.2, -0.15) is 13.2 Å². The van der Waals surface area contributed by atoms with Gasteiger partial charge in [-0.3, -0.25) is 5.32 Å². The molecule has 0 bridgehead atoms. The average molecular weight is 248 g/mol. The van der Waals surface area contributed by atoms with Crippen molar-refractivity contribution in [3.8, 4) is 0 Å². The van der Waals surface area contributed by atoms with Gasteiger partial charge < -0.3 is 10.4 Å². The number of rotatable bonds is 5. The van der Waals surface area contributed by atoms with E-state index in [1.165, 1.54) is 12.1 Å². The molecule has 0 fully saturated rings. The van der Waals surface area contributed by atoms with Crippen LogP contribution in [-0.2, 0) is 6.18 Å². The van der Waals surface area contributed by atoms with Crippen molar-refractivity contribution < 1.29 is 18.3 Å². The molecule has 1 aromatic carbocycles. The molecule has 0 heterocycles. The molecule has 0 aliphatic carbocycles. The zero-order valence-corrected chi connectivity index (χ0v) is 9.38.